The molecule has 14 heteroatoms. The third-order valence-electron chi connectivity index (χ3n) is 11.6. The maximum Gasteiger partial charge on any atom is 0.350 e. The smallest absolute Gasteiger partial charge is 0.350 e. The van der Waals surface area contributed by atoms with Crippen molar-refractivity contribution < 1.29 is 17.9 Å². The van der Waals surface area contributed by atoms with Gasteiger partial charge in [0.25, 0.3) is 5.56 Å². The maximum absolute atomic E-state index is 15.6. The van der Waals surface area contributed by atoms with E-state index in [1.807, 2.05) is 93.6 Å². The van der Waals surface area contributed by atoms with Crippen LogP contribution in [0.5, 0.6) is 0 Å². The number of benzene rings is 4. The van der Waals surface area contributed by atoms with E-state index in [-0.39, 0.29) is 17.8 Å². The molecule has 1 N–H and O–H groups in total. The van der Waals surface area contributed by atoms with E-state index in [1.165, 1.54) is 16.8 Å². The number of aromatic nitrogens is 6. The molecule has 7 aromatic rings. The minimum atomic E-state index is -1.28. The minimum Gasteiger partial charge on any atom is -0.372 e. The van der Waals surface area contributed by atoms with Crippen molar-refractivity contribution >= 4 is 11.4 Å². The Morgan fingerprint density at radius 2 is 1.38 bits per heavy atom. The van der Waals surface area contributed by atoms with Gasteiger partial charge in [-0.1, -0.05) is 74.5 Å². The van der Waals surface area contributed by atoms with Crippen LogP contribution in [0.4, 0.5) is 24.5 Å². The molecular weight excluding hydrogens is 782 g/mol. The zero-order valence-corrected chi connectivity index (χ0v) is 34.2. The van der Waals surface area contributed by atoms with E-state index in [0.29, 0.717) is 25.1 Å². The van der Waals surface area contributed by atoms with Gasteiger partial charge in [-0.05, 0) is 79.4 Å². The van der Waals surface area contributed by atoms with Gasteiger partial charge in [0.1, 0.15) is 11.9 Å². The van der Waals surface area contributed by atoms with Crippen molar-refractivity contribution in [2.24, 2.45) is 0 Å². The number of nitrogens with one attached hydrogen (secondary N) is 1. The van der Waals surface area contributed by atoms with Gasteiger partial charge in [-0.2, -0.15) is 9.49 Å². The number of ether oxygens (including phenoxy) is 1. The van der Waals surface area contributed by atoms with Crippen molar-refractivity contribution in [1.29, 1.82) is 0 Å². The predicted molar refractivity (Wildman–Crippen MR) is 231 cm³/mol. The monoisotopic (exact) mass is 828 g/mol. The molecule has 11 nitrogen and oxygen atoms in total. The average molecular weight is 829 g/mol. The highest BCUT2D eigenvalue weighted by Crippen LogP contribution is 2.30. The summed E-state index contributed by atoms with van der Waals surface area (Å²) in [5, 5.41) is 6.94. The quantitative estimate of drug-likeness (QED) is 0.117. The van der Waals surface area contributed by atoms with E-state index in [2.05, 4.69) is 37.1 Å². The first kappa shape index (κ1) is 41.1. The molecule has 1 saturated heterocycles. The predicted octanol–water partition coefficient (Wildman–Crippen LogP) is 8.55. The normalized spacial score (nSPS) is 14.6. The molecule has 0 amide bonds. The lowest BCUT2D eigenvalue weighted by atomic mass is 10.0. The number of pyridine rings is 1. The Morgan fingerprint density at radius 1 is 0.738 bits per heavy atom. The highest BCUT2D eigenvalue weighted by atomic mass is 19.2. The van der Waals surface area contributed by atoms with E-state index in [4.69, 9.17) is 4.74 Å². The van der Waals surface area contributed by atoms with Gasteiger partial charge in [0.05, 0.1) is 36.2 Å². The van der Waals surface area contributed by atoms with Crippen LogP contribution in [0.2, 0.25) is 0 Å². The number of anilines is 2. The van der Waals surface area contributed by atoms with Gasteiger partial charge >= 0.3 is 5.69 Å². The van der Waals surface area contributed by atoms with Gasteiger partial charge in [0.2, 0.25) is 5.95 Å². The molecule has 0 radical (unpaired) electrons. The second-order valence-electron chi connectivity index (χ2n) is 15.2. The summed E-state index contributed by atoms with van der Waals surface area (Å²) in [5.41, 5.74) is 4.30. The van der Waals surface area contributed by atoms with Crippen LogP contribution in [-0.2, 0) is 11.3 Å². The lowest BCUT2D eigenvalue weighted by molar-refractivity contribution is 0.0117. The van der Waals surface area contributed by atoms with Gasteiger partial charge in [0.15, 0.2) is 11.6 Å². The SMILES string of the molecule is CCC(c1ccc(-c2ccc(N3CCN(c4ccc(-n5cnn([C@@H](CC)[C@H](C)OCc6ccccc6)c5=O)cc4)CC3)cc2)cn1)n1[nH]c(=O)c(-c2cccc(F)c2F)c1F. The zero-order valence-electron chi connectivity index (χ0n) is 34.2. The molecule has 0 spiro atoms. The number of aromatic amines is 1. The number of nitrogens with zero attached hydrogens (tertiary/aromatic N) is 7. The molecule has 8 rings (SSSR count). The molecule has 314 valence electrons. The molecule has 1 unspecified atom stereocenters. The largest absolute Gasteiger partial charge is 0.372 e. The number of H-pyrrole nitrogens is 1. The van der Waals surface area contributed by atoms with Crippen LogP contribution in [0.15, 0.2) is 131 Å². The first-order valence-corrected chi connectivity index (χ1v) is 20.6. The molecule has 3 aromatic heterocycles. The number of piperazine rings is 1. The fourth-order valence-electron chi connectivity index (χ4n) is 8.12. The highest BCUT2D eigenvalue weighted by molar-refractivity contribution is 5.66. The van der Waals surface area contributed by atoms with Gasteiger partial charge < -0.3 is 14.5 Å². The molecule has 1 aliphatic heterocycles. The van der Waals surface area contributed by atoms with Crippen LogP contribution < -0.4 is 21.0 Å². The Kier molecular flexibility index (Phi) is 12.1. The van der Waals surface area contributed by atoms with Crippen molar-refractivity contribution in [2.75, 3.05) is 36.0 Å². The van der Waals surface area contributed by atoms with Crippen LogP contribution in [0.3, 0.4) is 0 Å². The second-order valence-corrected chi connectivity index (χ2v) is 15.2. The molecular formula is C47H47F3N8O3. The van der Waals surface area contributed by atoms with Crippen molar-refractivity contribution in [3.05, 3.63) is 171 Å². The Morgan fingerprint density at radius 3 is 2.00 bits per heavy atom. The topological polar surface area (TPSA) is 106 Å². The molecule has 0 saturated carbocycles. The Bertz CT molecular complexity index is 2690. The second kappa shape index (κ2) is 17.9. The van der Waals surface area contributed by atoms with Crippen LogP contribution in [0.25, 0.3) is 27.9 Å². The van der Waals surface area contributed by atoms with E-state index < -0.39 is 40.3 Å². The summed E-state index contributed by atoms with van der Waals surface area (Å²) in [5.74, 6) is -3.44. The fraction of sp³-hybridized carbons (Fsp3) is 0.277. The Labute approximate surface area is 351 Å². The maximum atomic E-state index is 15.6. The molecule has 0 bridgehead atoms. The number of hydrogen-bond donors (Lipinski definition) is 1. The molecule has 1 fully saturated rings. The lowest BCUT2D eigenvalue weighted by Gasteiger charge is -2.37. The first-order chi connectivity index (χ1) is 29.6. The minimum absolute atomic E-state index is 0.200. The fourth-order valence-corrected chi connectivity index (χ4v) is 8.12. The first-order valence-electron chi connectivity index (χ1n) is 20.6. The van der Waals surface area contributed by atoms with Crippen molar-refractivity contribution in [2.45, 2.75) is 58.4 Å². The Balaban J connectivity index is 0.872. The van der Waals surface area contributed by atoms with Crippen LogP contribution in [0, 0.1) is 17.6 Å². The third-order valence-corrected chi connectivity index (χ3v) is 11.6. The molecule has 3 atom stereocenters. The lowest BCUT2D eigenvalue weighted by Crippen LogP contribution is -2.46. The van der Waals surface area contributed by atoms with E-state index in [1.54, 1.807) is 23.2 Å². The summed E-state index contributed by atoms with van der Waals surface area (Å²) in [4.78, 5) is 35.6. The summed E-state index contributed by atoms with van der Waals surface area (Å²) in [7, 11) is 0. The van der Waals surface area contributed by atoms with Gasteiger partial charge in [-0.25, -0.2) is 27.5 Å². The average Bonchev–Trinajstić information content (AvgIpc) is 3.82. The van der Waals surface area contributed by atoms with Gasteiger partial charge in [-0.15, -0.1) is 0 Å². The molecule has 4 heterocycles. The van der Waals surface area contributed by atoms with Crippen molar-refractivity contribution in [1.82, 2.24) is 29.1 Å². The van der Waals surface area contributed by atoms with E-state index in [9.17, 15) is 18.4 Å². The number of halogens is 3. The van der Waals surface area contributed by atoms with Crippen LogP contribution in [0.1, 0.15) is 57.0 Å². The summed E-state index contributed by atoms with van der Waals surface area (Å²) >= 11 is 0. The zero-order chi connectivity index (χ0) is 42.6. The summed E-state index contributed by atoms with van der Waals surface area (Å²) < 4.78 is 54.3. The summed E-state index contributed by atoms with van der Waals surface area (Å²) in [6, 6.07) is 32.4. The summed E-state index contributed by atoms with van der Waals surface area (Å²) in [6.07, 6.45) is 4.16. The molecule has 1 aliphatic rings. The third kappa shape index (κ3) is 8.40. The van der Waals surface area contributed by atoms with E-state index in [0.717, 1.165) is 70.7 Å². The number of rotatable bonds is 14. The molecule has 61 heavy (non-hydrogen) atoms. The number of hydrogen-bond acceptors (Lipinski definition) is 7. The van der Waals surface area contributed by atoms with Crippen molar-refractivity contribution in [3.63, 3.8) is 0 Å². The van der Waals surface area contributed by atoms with Gasteiger partial charge in [0, 0.05) is 54.9 Å². The molecule has 0 aliphatic carbocycles. The van der Waals surface area contributed by atoms with Crippen LogP contribution >= 0.6 is 0 Å². The Hall–Kier alpha value is -6.67. The van der Waals surface area contributed by atoms with Crippen LogP contribution in [-0.4, -0.2) is 61.4 Å². The van der Waals surface area contributed by atoms with Gasteiger partial charge in [-0.3, -0.25) is 14.9 Å². The standard InChI is InChI=1S/C47H47F3N8O3/c1-4-41(31(3)61-29-32-10-7-6-8-11-32)58-47(60)56(30-52-58)37-21-19-36(20-22-37)55-26-24-54(25-27-55)35-17-14-33(15-18-35)34-16-23-40(51-28-34)42(5-2)57-45(50)43(46(59)53-57)38-12-9-13-39(48)44(38)49/h6-23,28,30-31,41-42H,4-5,24-27,29H2,1-3H3,(H,53,59)/t31-,41-,42?/m0/s1. The summed E-state index contributed by atoms with van der Waals surface area (Å²) in [6.45, 7) is 9.62. The van der Waals surface area contributed by atoms with E-state index >= 15 is 4.39 Å². The molecule has 4 aromatic carbocycles. The highest BCUT2D eigenvalue weighted by Gasteiger charge is 2.27. The van der Waals surface area contributed by atoms with Crippen molar-refractivity contribution in [3.8, 4) is 27.9 Å².